The molecule has 1 heterocycles. The molecule has 1 aliphatic carbocycles. The Labute approximate surface area is 121 Å². The molecule has 1 aromatic heterocycles. The van der Waals surface area contributed by atoms with Gasteiger partial charge in [0.1, 0.15) is 11.5 Å². The van der Waals surface area contributed by atoms with Crippen molar-refractivity contribution in [2.75, 3.05) is 11.7 Å². The van der Waals surface area contributed by atoms with Gasteiger partial charge in [-0.15, -0.1) is 0 Å². The Hall–Kier alpha value is -0.980. The fourth-order valence-electron chi connectivity index (χ4n) is 2.22. The lowest BCUT2D eigenvalue weighted by molar-refractivity contribution is 0.0933. The van der Waals surface area contributed by atoms with E-state index in [-0.39, 0.29) is 17.6 Å². The van der Waals surface area contributed by atoms with Gasteiger partial charge in [-0.1, -0.05) is 11.6 Å². The molecule has 0 spiro atoms. The van der Waals surface area contributed by atoms with Gasteiger partial charge in [-0.3, -0.25) is 4.79 Å². The average Bonchev–Trinajstić information content (AvgIpc) is 2.87. The number of thioether (sulfide) groups is 1. The molecule has 2 rings (SSSR count). The van der Waals surface area contributed by atoms with Crippen molar-refractivity contribution in [2.24, 2.45) is 5.84 Å². The molecule has 0 bridgehead atoms. The van der Waals surface area contributed by atoms with Gasteiger partial charge in [0, 0.05) is 11.3 Å². The molecule has 5 nitrogen and oxygen atoms in total. The second-order valence-corrected chi connectivity index (χ2v) is 6.06. The van der Waals surface area contributed by atoms with Gasteiger partial charge in [0.05, 0.1) is 5.02 Å². The molecule has 0 saturated heterocycles. The predicted octanol–water partition coefficient (Wildman–Crippen LogP) is 2.03. The zero-order valence-electron chi connectivity index (χ0n) is 10.6. The van der Waals surface area contributed by atoms with Crippen molar-refractivity contribution in [2.45, 2.75) is 30.6 Å². The lowest BCUT2D eigenvalue weighted by Gasteiger charge is -2.13. The number of carbonyl (C=O) groups excluding carboxylic acids is 1. The molecular formula is C12H17ClN4OS. The van der Waals surface area contributed by atoms with Crippen molar-refractivity contribution in [1.82, 2.24) is 10.3 Å². The summed E-state index contributed by atoms with van der Waals surface area (Å²) in [6, 6.07) is 3.44. The molecule has 104 valence electrons. The molecule has 19 heavy (non-hydrogen) atoms. The number of aromatic nitrogens is 1. The number of hydrazine groups is 1. The van der Waals surface area contributed by atoms with Gasteiger partial charge in [-0.05, 0) is 37.7 Å². The molecule has 1 fully saturated rings. The van der Waals surface area contributed by atoms with E-state index in [2.05, 4.69) is 22.0 Å². The summed E-state index contributed by atoms with van der Waals surface area (Å²) in [5.74, 6) is 5.46. The molecule has 0 aromatic carbocycles. The summed E-state index contributed by atoms with van der Waals surface area (Å²) >= 11 is 7.84. The summed E-state index contributed by atoms with van der Waals surface area (Å²) in [5.41, 5.74) is 2.62. The van der Waals surface area contributed by atoms with E-state index in [1.165, 1.54) is 0 Å². The number of nitrogens with two attached hydrogens (primary N) is 1. The van der Waals surface area contributed by atoms with Crippen molar-refractivity contribution in [3.05, 3.63) is 22.8 Å². The topological polar surface area (TPSA) is 80.0 Å². The maximum absolute atomic E-state index is 12.2. The Morgan fingerprint density at radius 1 is 1.53 bits per heavy atom. The Bertz CT molecular complexity index is 471. The van der Waals surface area contributed by atoms with Gasteiger partial charge in [-0.25, -0.2) is 10.8 Å². The Balaban J connectivity index is 2.04. The third-order valence-electron chi connectivity index (χ3n) is 3.26. The minimum absolute atomic E-state index is 0.206. The lowest BCUT2D eigenvalue weighted by atomic mass is 10.2. The minimum Gasteiger partial charge on any atom is -0.348 e. The summed E-state index contributed by atoms with van der Waals surface area (Å²) in [7, 11) is 0. The number of amides is 1. The SMILES string of the molecule is CSC1CCC(NC(=O)c2nc(NN)ccc2Cl)C1. The molecular weight excluding hydrogens is 284 g/mol. The van der Waals surface area contributed by atoms with Crippen LogP contribution in [0.25, 0.3) is 0 Å². The molecule has 1 aliphatic rings. The highest BCUT2D eigenvalue weighted by atomic mass is 35.5. The molecule has 0 aliphatic heterocycles. The summed E-state index contributed by atoms with van der Waals surface area (Å²) in [4.78, 5) is 16.2. The van der Waals surface area contributed by atoms with E-state index in [4.69, 9.17) is 17.4 Å². The second-order valence-electron chi connectivity index (χ2n) is 4.51. The molecule has 1 amide bonds. The van der Waals surface area contributed by atoms with Crippen LogP contribution in [-0.2, 0) is 0 Å². The average molecular weight is 301 g/mol. The maximum atomic E-state index is 12.2. The van der Waals surface area contributed by atoms with Crippen molar-refractivity contribution >= 4 is 35.1 Å². The fourth-order valence-corrected chi connectivity index (χ4v) is 3.21. The normalized spacial score (nSPS) is 22.3. The van der Waals surface area contributed by atoms with E-state index < -0.39 is 0 Å². The van der Waals surface area contributed by atoms with Crippen LogP contribution >= 0.6 is 23.4 Å². The minimum atomic E-state index is -0.242. The quantitative estimate of drug-likeness (QED) is 0.586. The van der Waals surface area contributed by atoms with Gasteiger partial charge in [0.15, 0.2) is 0 Å². The number of hydrogen-bond acceptors (Lipinski definition) is 5. The van der Waals surface area contributed by atoms with E-state index in [0.717, 1.165) is 19.3 Å². The third kappa shape index (κ3) is 3.52. The van der Waals surface area contributed by atoms with E-state index in [9.17, 15) is 4.79 Å². The Morgan fingerprint density at radius 3 is 2.95 bits per heavy atom. The van der Waals surface area contributed by atoms with Crippen LogP contribution in [0.5, 0.6) is 0 Å². The van der Waals surface area contributed by atoms with Crippen molar-refractivity contribution in [3.8, 4) is 0 Å². The van der Waals surface area contributed by atoms with Crippen LogP contribution in [0.1, 0.15) is 29.8 Å². The standard InChI is InChI=1S/C12H17ClN4OS/c1-19-8-3-2-7(6-8)15-12(18)11-9(13)4-5-10(16-11)17-14/h4-5,7-8H,2-3,6,14H2,1H3,(H,15,18)(H,16,17). The van der Waals surface area contributed by atoms with E-state index >= 15 is 0 Å². The van der Waals surface area contributed by atoms with Crippen molar-refractivity contribution in [3.63, 3.8) is 0 Å². The number of anilines is 1. The number of nitrogens with one attached hydrogen (secondary N) is 2. The highest BCUT2D eigenvalue weighted by Gasteiger charge is 2.26. The van der Waals surface area contributed by atoms with Crippen LogP contribution in [-0.4, -0.2) is 28.4 Å². The number of halogens is 1. The molecule has 1 saturated carbocycles. The number of carbonyl (C=O) groups is 1. The van der Waals surface area contributed by atoms with E-state index in [0.29, 0.717) is 16.1 Å². The number of pyridine rings is 1. The summed E-state index contributed by atoms with van der Waals surface area (Å²) < 4.78 is 0. The van der Waals surface area contributed by atoms with Crippen LogP contribution in [0.3, 0.4) is 0 Å². The highest BCUT2D eigenvalue weighted by molar-refractivity contribution is 7.99. The molecule has 7 heteroatoms. The van der Waals surface area contributed by atoms with Gasteiger partial charge in [-0.2, -0.15) is 11.8 Å². The van der Waals surface area contributed by atoms with E-state index in [1.54, 1.807) is 12.1 Å². The summed E-state index contributed by atoms with van der Waals surface area (Å²) in [5, 5.41) is 3.94. The monoisotopic (exact) mass is 300 g/mol. The predicted molar refractivity (Wildman–Crippen MR) is 79.5 cm³/mol. The van der Waals surface area contributed by atoms with Crippen LogP contribution < -0.4 is 16.6 Å². The van der Waals surface area contributed by atoms with Crippen molar-refractivity contribution in [1.29, 1.82) is 0 Å². The fraction of sp³-hybridized carbons (Fsp3) is 0.500. The van der Waals surface area contributed by atoms with Crippen LogP contribution in [0, 0.1) is 0 Å². The van der Waals surface area contributed by atoms with Crippen LogP contribution in [0.4, 0.5) is 5.82 Å². The highest BCUT2D eigenvalue weighted by Crippen LogP contribution is 2.28. The molecule has 1 aromatic rings. The second kappa shape index (κ2) is 6.45. The lowest BCUT2D eigenvalue weighted by Crippen LogP contribution is -2.34. The number of nitrogens with zero attached hydrogens (tertiary/aromatic N) is 1. The molecule has 2 unspecified atom stereocenters. The maximum Gasteiger partial charge on any atom is 0.271 e. The zero-order chi connectivity index (χ0) is 13.8. The Kier molecular flexibility index (Phi) is 4.90. The van der Waals surface area contributed by atoms with Crippen LogP contribution in [0.15, 0.2) is 12.1 Å². The third-order valence-corrected chi connectivity index (χ3v) is 4.66. The first-order valence-corrected chi connectivity index (χ1v) is 7.77. The van der Waals surface area contributed by atoms with Gasteiger partial charge < -0.3 is 10.7 Å². The Morgan fingerprint density at radius 2 is 2.32 bits per heavy atom. The first-order chi connectivity index (χ1) is 9.13. The molecule has 2 atom stereocenters. The zero-order valence-corrected chi connectivity index (χ0v) is 12.2. The van der Waals surface area contributed by atoms with Crippen LogP contribution in [0.2, 0.25) is 5.02 Å². The summed E-state index contributed by atoms with van der Waals surface area (Å²) in [6.07, 6.45) is 5.24. The van der Waals surface area contributed by atoms with Gasteiger partial charge in [0.2, 0.25) is 0 Å². The first kappa shape index (κ1) is 14.4. The summed E-state index contributed by atoms with van der Waals surface area (Å²) in [6.45, 7) is 0. The molecule has 0 radical (unpaired) electrons. The van der Waals surface area contributed by atoms with Crippen molar-refractivity contribution < 1.29 is 4.79 Å². The van der Waals surface area contributed by atoms with Gasteiger partial charge in [0.25, 0.3) is 5.91 Å². The van der Waals surface area contributed by atoms with Gasteiger partial charge >= 0.3 is 0 Å². The number of rotatable bonds is 4. The van der Waals surface area contributed by atoms with E-state index in [1.807, 2.05) is 11.8 Å². The smallest absolute Gasteiger partial charge is 0.271 e. The molecule has 4 N–H and O–H groups in total. The largest absolute Gasteiger partial charge is 0.348 e. The number of hydrogen-bond donors (Lipinski definition) is 3. The first-order valence-electron chi connectivity index (χ1n) is 6.11. The number of nitrogen functional groups attached to an aromatic ring is 1.